The molecule has 0 saturated carbocycles. The molecule has 0 bridgehead atoms. The molecule has 1 N–H and O–H groups in total. The Morgan fingerprint density at radius 1 is 1.38 bits per heavy atom. The summed E-state index contributed by atoms with van der Waals surface area (Å²) in [7, 11) is 0. The molecule has 1 aromatic carbocycles. The fourth-order valence-electron chi connectivity index (χ4n) is 2.85. The minimum Gasteiger partial charge on any atom is -0.392 e. The molecule has 0 unspecified atom stereocenters. The fraction of sp³-hybridized carbons (Fsp3) is 0.400. The summed E-state index contributed by atoms with van der Waals surface area (Å²) in [6, 6.07) is 4.83. The Morgan fingerprint density at radius 3 is 2.90 bits per heavy atom. The maximum absolute atomic E-state index is 14.0. The standard InChI is InChI=1S/C15H16F2N2O2/c1-9-4-11(18-21-9)7-19-8-12(20)6-15(19)13-5-10(16)2-3-14(13)17/h2-5,12,15,20H,6-8H2,1H3/t12-,15-/m0/s1. The first-order valence-electron chi connectivity index (χ1n) is 6.82. The largest absolute Gasteiger partial charge is 0.392 e. The molecule has 0 aliphatic carbocycles. The number of β-amino-alcohol motifs (C(OH)–C–C–N with tert-alkyl or cyclic N) is 1. The highest BCUT2D eigenvalue weighted by molar-refractivity contribution is 5.24. The van der Waals surface area contributed by atoms with Gasteiger partial charge in [0.05, 0.1) is 11.8 Å². The van der Waals surface area contributed by atoms with E-state index < -0.39 is 17.7 Å². The summed E-state index contributed by atoms with van der Waals surface area (Å²) < 4.78 is 32.3. The van der Waals surface area contributed by atoms with E-state index in [2.05, 4.69) is 5.16 Å². The number of aryl methyl sites for hydroxylation is 1. The van der Waals surface area contributed by atoms with Gasteiger partial charge in [-0.05, 0) is 31.5 Å². The van der Waals surface area contributed by atoms with Gasteiger partial charge < -0.3 is 9.63 Å². The van der Waals surface area contributed by atoms with Crippen LogP contribution in [0.1, 0.15) is 29.5 Å². The lowest BCUT2D eigenvalue weighted by Gasteiger charge is -2.23. The monoisotopic (exact) mass is 294 g/mol. The van der Waals surface area contributed by atoms with E-state index >= 15 is 0 Å². The summed E-state index contributed by atoms with van der Waals surface area (Å²) >= 11 is 0. The highest BCUT2D eigenvalue weighted by atomic mass is 19.1. The molecule has 4 nitrogen and oxygen atoms in total. The Hall–Kier alpha value is -1.79. The van der Waals surface area contributed by atoms with Crippen molar-refractivity contribution in [1.29, 1.82) is 0 Å². The van der Waals surface area contributed by atoms with Gasteiger partial charge in [-0.15, -0.1) is 0 Å². The molecule has 3 rings (SSSR count). The average molecular weight is 294 g/mol. The predicted octanol–water partition coefficient (Wildman–Crippen LogP) is 2.57. The highest BCUT2D eigenvalue weighted by Gasteiger charge is 2.34. The highest BCUT2D eigenvalue weighted by Crippen LogP contribution is 2.35. The fourth-order valence-corrected chi connectivity index (χ4v) is 2.85. The van der Waals surface area contributed by atoms with Crippen molar-refractivity contribution in [3.8, 4) is 0 Å². The molecule has 6 heteroatoms. The second-order valence-corrected chi connectivity index (χ2v) is 5.43. The van der Waals surface area contributed by atoms with Crippen molar-refractivity contribution in [2.24, 2.45) is 0 Å². The first kappa shape index (κ1) is 14.2. The second-order valence-electron chi connectivity index (χ2n) is 5.43. The van der Waals surface area contributed by atoms with Crippen molar-refractivity contribution in [3.05, 3.63) is 52.9 Å². The van der Waals surface area contributed by atoms with Gasteiger partial charge in [-0.3, -0.25) is 4.90 Å². The lowest BCUT2D eigenvalue weighted by molar-refractivity contribution is 0.171. The molecule has 1 aliphatic rings. The number of halogens is 2. The van der Waals surface area contributed by atoms with Crippen molar-refractivity contribution < 1.29 is 18.4 Å². The Labute approximate surface area is 121 Å². The Kier molecular flexibility index (Phi) is 3.73. The number of hydrogen-bond donors (Lipinski definition) is 1. The Balaban J connectivity index is 1.86. The smallest absolute Gasteiger partial charge is 0.133 e. The van der Waals surface area contributed by atoms with Crippen LogP contribution in [-0.4, -0.2) is 27.8 Å². The third kappa shape index (κ3) is 2.96. The van der Waals surface area contributed by atoms with Gasteiger partial charge in [0.25, 0.3) is 0 Å². The number of benzene rings is 1. The van der Waals surface area contributed by atoms with Crippen LogP contribution in [-0.2, 0) is 6.54 Å². The van der Waals surface area contributed by atoms with Gasteiger partial charge in [0.15, 0.2) is 0 Å². The predicted molar refractivity (Wildman–Crippen MR) is 71.4 cm³/mol. The molecule has 1 saturated heterocycles. The molecular formula is C15H16F2N2O2. The van der Waals surface area contributed by atoms with E-state index in [1.807, 2.05) is 4.90 Å². The number of aliphatic hydroxyl groups excluding tert-OH is 1. The van der Waals surface area contributed by atoms with E-state index in [1.165, 1.54) is 6.07 Å². The molecule has 0 amide bonds. The summed E-state index contributed by atoms with van der Waals surface area (Å²) in [5, 5.41) is 13.8. The SMILES string of the molecule is Cc1cc(CN2C[C@@H](O)C[C@H]2c2cc(F)ccc2F)no1. The second kappa shape index (κ2) is 5.54. The number of aromatic nitrogens is 1. The van der Waals surface area contributed by atoms with Gasteiger partial charge in [-0.2, -0.15) is 0 Å². The van der Waals surface area contributed by atoms with Crippen molar-refractivity contribution >= 4 is 0 Å². The topological polar surface area (TPSA) is 49.5 Å². The van der Waals surface area contributed by atoms with Crippen LogP contribution in [0.25, 0.3) is 0 Å². The van der Waals surface area contributed by atoms with E-state index in [-0.39, 0.29) is 11.6 Å². The third-order valence-electron chi connectivity index (χ3n) is 3.74. The molecule has 21 heavy (non-hydrogen) atoms. The van der Waals surface area contributed by atoms with Crippen LogP contribution in [0.3, 0.4) is 0 Å². The van der Waals surface area contributed by atoms with E-state index in [4.69, 9.17) is 4.52 Å². The minimum absolute atomic E-state index is 0.270. The molecule has 1 fully saturated rings. The van der Waals surface area contributed by atoms with E-state index in [1.54, 1.807) is 13.0 Å². The van der Waals surface area contributed by atoms with Crippen LogP contribution in [0, 0.1) is 18.6 Å². The van der Waals surface area contributed by atoms with E-state index in [0.29, 0.717) is 31.0 Å². The average Bonchev–Trinajstić information content (AvgIpc) is 2.99. The number of rotatable bonds is 3. The van der Waals surface area contributed by atoms with Crippen LogP contribution in [0.5, 0.6) is 0 Å². The zero-order valence-corrected chi connectivity index (χ0v) is 11.6. The van der Waals surface area contributed by atoms with Crippen LogP contribution in [0.15, 0.2) is 28.8 Å². The molecule has 1 aromatic heterocycles. The molecule has 2 aromatic rings. The van der Waals surface area contributed by atoms with Gasteiger partial charge in [0.1, 0.15) is 17.4 Å². The summed E-state index contributed by atoms with van der Waals surface area (Å²) in [5.74, 6) is -0.250. The van der Waals surface area contributed by atoms with Gasteiger partial charge in [0.2, 0.25) is 0 Å². The van der Waals surface area contributed by atoms with Crippen LogP contribution in [0.4, 0.5) is 8.78 Å². The molecule has 0 radical (unpaired) electrons. The van der Waals surface area contributed by atoms with Crippen molar-refractivity contribution in [2.75, 3.05) is 6.54 Å². The zero-order chi connectivity index (χ0) is 15.0. The van der Waals surface area contributed by atoms with Crippen molar-refractivity contribution in [3.63, 3.8) is 0 Å². The van der Waals surface area contributed by atoms with Crippen LogP contribution >= 0.6 is 0 Å². The number of nitrogens with zero attached hydrogens (tertiary/aromatic N) is 2. The van der Waals surface area contributed by atoms with Crippen LogP contribution in [0.2, 0.25) is 0 Å². The Morgan fingerprint density at radius 2 is 2.19 bits per heavy atom. The first-order valence-corrected chi connectivity index (χ1v) is 6.82. The number of aliphatic hydroxyl groups is 1. The molecule has 0 spiro atoms. The molecule has 1 aliphatic heterocycles. The molecular weight excluding hydrogens is 278 g/mol. The van der Waals surface area contributed by atoms with Crippen molar-refractivity contribution in [1.82, 2.24) is 10.1 Å². The van der Waals surface area contributed by atoms with Gasteiger partial charge in [0, 0.05) is 30.8 Å². The van der Waals surface area contributed by atoms with Gasteiger partial charge in [-0.1, -0.05) is 5.16 Å². The normalized spacial score (nSPS) is 22.9. The van der Waals surface area contributed by atoms with E-state index in [0.717, 1.165) is 12.1 Å². The van der Waals surface area contributed by atoms with Crippen LogP contribution < -0.4 is 0 Å². The van der Waals surface area contributed by atoms with Crippen molar-refractivity contribution in [2.45, 2.75) is 32.0 Å². The minimum atomic E-state index is -0.564. The zero-order valence-electron chi connectivity index (χ0n) is 11.6. The van der Waals surface area contributed by atoms with Gasteiger partial charge in [-0.25, -0.2) is 8.78 Å². The quantitative estimate of drug-likeness (QED) is 0.945. The maximum atomic E-state index is 14.0. The lowest BCUT2D eigenvalue weighted by Crippen LogP contribution is -2.25. The first-order chi connectivity index (χ1) is 10.0. The van der Waals surface area contributed by atoms with Gasteiger partial charge >= 0.3 is 0 Å². The van der Waals surface area contributed by atoms with E-state index in [9.17, 15) is 13.9 Å². The third-order valence-corrected chi connectivity index (χ3v) is 3.74. The lowest BCUT2D eigenvalue weighted by atomic mass is 10.0. The summed E-state index contributed by atoms with van der Waals surface area (Å²) in [5.41, 5.74) is 0.982. The molecule has 2 heterocycles. The molecule has 2 atom stereocenters. The summed E-state index contributed by atoms with van der Waals surface area (Å²) in [6.07, 6.45) is -0.192. The number of hydrogen-bond acceptors (Lipinski definition) is 4. The maximum Gasteiger partial charge on any atom is 0.133 e. The Bertz CT molecular complexity index is 644. The molecule has 112 valence electrons. The summed E-state index contributed by atoms with van der Waals surface area (Å²) in [6.45, 7) is 2.61. The number of likely N-dealkylation sites (tertiary alicyclic amines) is 1. The summed E-state index contributed by atoms with van der Waals surface area (Å²) in [4.78, 5) is 1.89.